The Morgan fingerprint density at radius 2 is 1.91 bits per heavy atom. The fourth-order valence-corrected chi connectivity index (χ4v) is 3.46. The Balaban J connectivity index is 0.000000655. The number of hydrogen-bond donors (Lipinski definition) is 4. The molecule has 2 aromatic heterocycles. The molecule has 5 N–H and O–H groups in total. The number of carbonyl (C=O) groups is 2. The minimum atomic E-state index is -0.245. The summed E-state index contributed by atoms with van der Waals surface area (Å²) in [5, 5.41) is 6.71. The maximum absolute atomic E-state index is 12.3. The summed E-state index contributed by atoms with van der Waals surface area (Å²) in [6.07, 6.45) is 4.63. The number of nitrogens with one attached hydrogen (secondary N) is 3. The summed E-state index contributed by atoms with van der Waals surface area (Å²) in [5.74, 6) is 0.0646. The highest BCUT2D eigenvalue weighted by atomic mass is 16.1. The van der Waals surface area contributed by atoms with Crippen LogP contribution in [0.2, 0.25) is 0 Å². The van der Waals surface area contributed by atoms with E-state index in [9.17, 15) is 9.59 Å². The first-order valence-corrected chi connectivity index (χ1v) is 11.7. The van der Waals surface area contributed by atoms with Gasteiger partial charge in [-0.1, -0.05) is 33.3 Å². The van der Waals surface area contributed by atoms with Gasteiger partial charge in [0.05, 0.1) is 10.9 Å². The van der Waals surface area contributed by atoms with Crippen molar-refractivity contribution in [2.24, 2.45) is 0 Å². The number of carbonyl (C=O) groups excluding carboxylic acids is 2. The van der Waals surface area contributed by atoms with Crippen LogP contribution in [0.4, 0.5) is 5.95 Å². The molecule has 2 aromatic carbocycles. The van der Waals surface area contributed by atoms with Crippen molar-refractivity contribution in [1.82, 2.24) is 25.2 Å². The molecule has 4 rings (SSSR count). The molecule has 0 atom stereocenters. The summed E-state index contributed by atoms with van der Waals surface area (Å²) in [6.45, 7) is 7.39. The molecular weight excluding hydrogens is 444 g/mol. The lowest BCUT2D eigenvalue weighted by Crippen LogP contribution is -2.24. The second kappa shape index (κ2) is 13.5. The van der Waals surface area contributed by atoms with Gasteiger partial charge in [0.15, 0.2) is 0 Å². The van der Waals surface area contributed by atoms with Gasteiger partial charge in [-0.25, -0.2) is 4.98 Å². The van der Waals surface area contributed by atoms with Gasteiger partial charge < -0.3 is 20.9 Å². The van der Waals surface area contributed by atoms with E-state index in [1.165, 1.54) is 0 Å². The van der Waals surface area contributed by atoms with Gasteiger partial charge in [0.2, 0.25) is 12.4 Å². The van der Waals surface area contributed by atoms with Crippen molar-refractivity contribution in [3.05, 3.63) is 70.1 Å². The van der Waals surface area contributed by atoms with Crippen molar-refractivity contribution in [2.45, 2.75) is 40.2 Å². The van der Waals surface area contributed by atoms with E-state index in [-0.39, 0.29) is 17.4 Å². The second-order valence-electron chi connectivity index (χ2n) is 7.54. The molecule has 186 valence electrons. The molecule has 0 spiro atoms. The lowest BCUT2D eigenvalue weighted by Gasteiger charge is -2.08. The topological polar surface area (TPSA) is 135 Å². The number of aromatic amines is 1. The Morgan fingerprint density at radius 1 is 1.17 bits per heavy atom. The highest BCUT2D eigenvalue weighted by Gasteiger charge is 2.09. The van der Waals surface area contributed by atoms with E-state index in [0.717, 1.165) is 29.3 Å². The molecule has 0 aliphatic heterocycles. The van der Waals surface area contributed by atoms with Crippen LogP contribution in [0.3, 0.4) is 0 Å². The monoisotopic (exact) mass is 478 g/mol. The molecule has 4 aromatic rings. The molecule has 0 aliphatic rings. The summed E-state index contributed by atoms with van der Waals surface area (Å²) in [4.78, 5) is 40.2. The first-order valence-electron chi connectivity index (χ1n) is 11.7. The van der Waals surface area contributed by atoms with E-state index < -0.39 is 0 Å². The highest BCUT2D eigenvalue weighted by Crippen LogP contribution is 2.20. The van der Waals surface area contributed by atoms with E-state index in [2.05, 4.69) is 32.1 Å². The number of H-pyrrole nitrogens is 1. The van der Waals surface area contributed by atoms with E-state index in [1.807, 2.05) is 56.4 Å². The van der Waals surface area contributed by atoms with Crippen molar-refractivity contribution in [2.75, 3.05) is 19.3 Å². The maximum atomic E-state index is 12.3. The lowest BCUT2D eigenvalue weighted by atomic mass is 10.1. The van der Waals surface area contributed by atoms with Crippen LogP contribution in [0.15, 0.2) is 53.5 Å². The predicted molar refractivity (Wildman–Crippen MR) is 142 cm³/mol. The molecule has 0 bridgehead atoms. The van der Waals surface area contributed by atoms with Gasteiger partial charge in [-0.2, -0.15) is 0 Å². The zero-order valence-corrected chi connectivity index (χ0v) is 20.7. The predicted octanol–water partition coefficient (Wildman–Crippen LogP) is 3.43. The minimum Gasteiger partial charge on any atom is -0.369 e. The SMILES string of the molecule is CC.CCCCNC(=O)c1ccc2c(ccn2Cc2ccc3nc(N)[nH]c(=O)c3c2)c1.CNC=O. The number of nitrogen functional groups attached to an aromatic ring is 1. The van der Waals surface area contributed by atoms with Crippen LogP contribution in [0, 0.1) is 0 Å². The first kappa shape index (κ1) is 27.1. The summed E-state index contributed by atoms with van der Waals surface area (Å²) in [5.41, 5.74) is 8.60. The normalized spacial score (nSPS) is 10.1. The van der Waals surface area contributed by atoms with Gasteiger partial charge in [-0.15, -0.1) is 0 Å². The smallest absolute Gasteiger partial charge is 0.260 e. The summed E-state index contributed by atoms with van der Waals surface area (Å²) in [7, 11) is 1.56. The number of hydrogen-bond acceptors (Lipinski definition) is 5. The number of nitrogens with two attached hydrogens (primary N) is 1. The second-order valence-corrected chi connectivity index (χ2v) is 7.54. The molecule has 9 nitrogen and oxygen atoms in total. The summed E-state index contributed by atoms with van der Waals surface area (Å²) >= 11 is 0. The fraction of sp³-hybridized carbons (Fsp3) is 0.308. The van der Waals surface area contributed by atoms with Gasteiger partial charge in [0, 0.05) is 42.8 Å². The van der Waals surface area contributed by atoms with Crippen molar-refractivity contribution >= 4 is 40.1 Å². The number of amides is 2. The molecule has 2 heterocycles. The van der Waals surface area contributed by atoms with Crippen molar-refractivity contribution in [1.29, 1.82) is 0 Å². The van der Waals surface area contributed by atoms with E-state index in [4.69, 9.17) is 10.5 Å². The first-order chi connectivity index (χ1) is 17.0. The average molecular weight is 479 g/mol. The number of unbranched alkanes of at least 4 members (excludes halogenated alkanes) is 1. The molecule has 9 heteroatoms. The molecule has 0 saturated heterocycles. The molecule has 0 unspecified atom stereocenters. The Kier molecular flexibility index (Phi) is 10.5. The molecular formula is C26H34N6O3. The van der Waals surface area contributed by atoms with Gasteiger partial charge in [0.1, 0.15) is 0 Å². The van der Waals surface area contributed by atoms with Crippen LogP contribution in [-0.4, -0.2) is 40.4 Å². The zero-order valence-electron chi connectivity index (χ0n) is 20.7. The van der Waals surface area contributed by atoms with E-state index >= 15 is 0 Å². The van der Waals surface area contributed by atoms with Crippen molar-refractivity contribution in [3.63, 3.8) is 0 Å². The number of nitrogens with zero attached hydrogens (tertiary/aromatic N) is 2. The van der Waals surface area contributed by atoms with Crippen molar-refractivity contribution in [3.8, 4) is 0 Å². The summed E-state index contributed by atoms with van der Waals surface area (Å²) in [6, 6.07) is 13.3. The average Bonchev–Trinajstić information content (AvgIpc) is 3.27. The quantitative estimate of drug-likeness (QED) is 0.238. The van der Waals surface area contributed by atoms with Crippen LogP contribution in [0.1, 0.15) is 49.5 Å². The lowest BCUT2D eigenvalue weighted by molar-refractivity contribution is -0.109. The van der Waals surface area contributed by atoms with Gasteiger partial charge >= 0.3 is 0 Å². The Bertz CT molecular complexity index is 1330. The third kappa shape index (κ3) is 7.17. The number of benzene rings is 2. The van der Waals surface area contributed by atoms with Crippen LogP contribution in [0.5, 0.6) is 0 Å². The van der Waals surface area contributed by atoms with E-state index in [0.29, 0.717) is 36.0 Å². The Morgan fingerprint density at radius 3 is 2.60 bits per heavy atom. The minimum absolute atomic E-state index is 0.0476. The third-order valence-corrected chi connectivity index (χ3v) is 5.11. The molecule has 0 saturated carbocycles. The standard InChI is InChI=1S/C22H23N5O2.C2H5NO.C2H6/c1-2-3-9-24-20(28)16-5-7-19-15(12-16)8-10-27(19)13-14-4-6-18-17(11-14)21(29)26-22(23)25-18;1-3-2-4;1-2/h4-8,10-12H,2-3,9,13H2,1H3,(H,24,28)(H3,23,25,26,29);2H,1H3,(H,3,4);1-2H3. The van der Waals surface area contributed by atoms with Crippen molar-refractivity contribution < 1.29 is 9.59 Å². The molecule has 0 fully saturated rings. The Hall–Kier alpha value is -4.14. The summed E-state index contributed by atoms with van der Waals surface area (Å²) < 4.78 is 2.09. The number of anilines is 1. The zero-order chi connectivity index (χ0) is 25.8. The highest BCUT2D eigenvalue weighted by molar-refractivity contribution is 5.98. The number of rotatable bonds is 7. The third-order valence-electron chi connectivity index (χ3n) is 5.11. The van der Waals surface area contributed by atoms with E-state index in [1.54, 1.807) is 13.1 Å². The Labute approximate surface area is 204 Å². The maximum Gasteiger partial charge on any atom is 0.260 e. The molecule has 0 aliphatic carbocycles. The fourth-order valence-electron chi connectivity index (χ4n) is 3.46. The van der Waals surface area contributed by atoms with Gasteiger partial charge in [-0.3, -0.25) is 19.4 Å². The van der Waals surface area contributed by atoms with Crippen LogP contribution in [-0.2, 0) is 11.3 Å². The number of aromatic nitrogens is 3. The van der Waals surface area contributed by atoms with Gasteiger partial charge in [-0.05, 0) is 48.4 Å². The number of fused-ring (bicyclic) bond motifs is 2. The largest absolute Gasteiger partial charge is 0.369 e. The molecule has 0 radical (unpaired) electrons. The van der Waals surface area contributed by atoms with Crippen LogP contribution >= 0.6 is 0 Å². The van der Waals surface area contributed by atoms with Gasteiger partial charge in [0.25, 0.3) is 11.5 Å². The molecule has 35 heavy (non-hydrogen) atoms. The molecule has 2 amide bonds. The van der Waals surface area contributed by atoms with Crippen LogP contribution < -0.4 is 21.9 Å². The van der Waals surface area contributed by atoms with Crippen LogP contribution in [0.25, 0.3) is 21.8 Å².